The molecule has 0 fully saturated rings. The molecule has 2 aromatic carbocycles. The van der Waals surface area contributed by atoms with Crippen LogP contribution in [0.3, 0.4) is 0 Å². The van der Waals surface area contributed by atoms with Gasteiger partial charge in [0.15, 0.2) is 5.15 Å². The van der Waals surface area contributed by atoms with Crippen molar-refractivity contribution in [1.82, 2.24) is 9.97 Å². The van der Waals surface area contributed by atoms with E-state index < -0.39 is 0 Å². The Hall–Kier alpha value is -1.93. The molecule has 1 aromatic heterocycles. The summed E-state index contributed by atoms with van der Waals surface area (Å²) in [4.78, 5) is 8.96. The van der Waals surface area contributed by atoms with Crippen molar-refractivity contribution in [2.24, 2.45) is 0 Å². The van der Waals surface area contributed by atoms with Crippen LogP contribution in [0.5, 0.6) is 0 Å². The maximum Gasteiger partial charge on any atom is 0.155 e. The largest absolute Gasteiger partial charge is 0.248 e. The summed E-state index contributed by atoms with van der Waals surface area (Å²) in [5.41, 5.74) is 3.56. The summed E-state index contributed by atoms with van der Waals surface area (Å²) < 4.78 is 0. The molecule has 1 heterocycles. The standard InChI is InChI=1S/C16H13ClN2/c1-10-11(2)19-16(17)15(18-10)14-9-5-7-12-6-3-4-8-13(12)14/h3-9H,1-2H3. The molecule has 0 aliphatic carbocycles. The zero-order valence-corrected chi connectivity index (χ0v) is 11.6. The average molecular weight is 269 g/mol. The van der Waals surface area contributed by atoms with Crippen LogP contribution in [0.2, 0.25) is 5.15 Å². The summed E-state index contributed by atoms with van der Waals surface area (Å²) in [6, 6.07) is 14.4. The van der Waals surface area contributed by atoms with E-state index in [9.17, 15) is 0 Å². The lowest BCUT2D eigenvalue weighted by molar-refractivity contribution is 1.05. The van der Waals surface area contributed by atoms with Crippen LogP contribution in [-0.2, 0) is 0 Å². The molecule has 0 aliphatic rings. The Balaban J connectivity index is 2.33. The summed E-state index contributed by atoms with van der Waals surface area (Å²) in [7, 11) is 0. The molecule has 0 N–H and O–H groups in total. The van der Waals surface area contributed by atoms with Crippen molar-refractivity contribution in [3.63, 3.8) is 0 Å². The molecule has 3 rings (SSSR count). The fourth-order valence-corrected chi connectivity index (χ4v) is 2.45. The van der Waals surface area contributed by atoms with Crippen LogP contribution < -0.4 is 0 Å². The van der Waals surface area contributed by atoms with E-state index in [1.54, 1.807) is 0 Å². The fraction of sp³-hybridized carbons (Fsp3) is 0.125. The Labute approximate surface area is 117 Å². The minimum Gasteiger partial charge on any atom is -0.248 e. The highest BCUT2D eigenvalue weighted by molar-refractivity contribution is 6.32. The topological polar surface area (TPSA) is 25.8 Å². The van der Waals surface area contributed by atoms with E-state index in [1.807, 2.05) is 38.1 Å². The molecule has 94 valence electrons. The van der Waals surface area contributed by atoms with Crippen molar-refractivity contribution < 1.29 is 0 Å². The van der Waals surface area contributed by atoms with Gasteiger partial charge in [-0.25, -0.2) is 9.97 Å². The first-order valence-corrected chi connectivity index (χ1v) is 6.53. The second kappa shape index (κ2) is 4.63. The Bertz CT molecular complexity index is 761. The molecule has 0 spiro atoms. The van der Waals surface area contributed by atoms with Gasteiger partial charge in [-0.1, -0.05) is 54.1 Å². The van der Waals surface area contributed by atoms with Crippen LogP contribution in [0.4, 0.5) is 0 Å². The lowest BCUT2D eigenvalue weighted by atomic mass is 10.0. The predicted octanol–water partition coefficient (Wildman–Crippen LogP) is 4.57. The van der Waals surface area contributed by atoms with Crippen LogP contribution in [0, 0.1) is 13.8 Å². The lowest BCUT2D eigenvalue weighted by Crippen LogP contribution is -1.96. The van der Waals surface area contributed by atoms with Crippen molar-refractivity contribution in [2.75, 3.05) is 0 Å². The first kappa shape index (κ1) is 12.1. The number of hydrogen-bond donors (Lipinski definition) is 0. The third kappa shape index (κ3) is 2.08. The summed E-state index contributed by atoms with van der Waals surface area (Å²) >= 11 is 6.26. The molecule has 2 nitrogen and oxygen atoms in total. The minimum absolute atomic E-state index is 0.458. The second-order valence-corrected chi connectivity index (χ2v) is 4.92. The molecule has 0 radical (unpaired) electrons. The molecule has 19 heavy (non-hydrogen) atoms. The predicted molar refractivity (Wildman–Crippen MR) is 79.5 cm³/mol. The third-order valence-corrected chi connectivity index (χ3v) is 3.57. The number of aryl methyl sites for hydroxylation is 2. The van der Waals surface area contributed by atoms with Crippen LogP contribution in [0.1, 0.15) is 11.4 Å². The molecule has 0 bridgehead atoms. The molecule has 3 aromatic rings. The van der Waals surface area contributed by atoms with E-state index in [-0.39, 0.29) is 0 Å². The first-order chi connectivity index (χ1) is 9.16. The SMILES string of the molecule is Cc1nc(Cl)c(-c2cccc3ccccc23)nc1C. The molecule has 0 amide bonds. The van der Waals surface area contributed by atoms with E-state index in [0.717, 1.165) is 28.0 Å². The number of nitrogens with zero attached hydrogens (tertiary/aromatic N) is 2. The van der Waals surface area contributed by atoms with Crippen molar-refractivity contribution in [1.29, 1.82) is 0 Å². The Morgan fingerprint density at radius 2 is 1.53 bits per heavy atom. The van der Waals surface area contributed by atoms with Gasteiger partial charge in [0.1, 0.15) is 5.69 Å². The highest BCUT2D eigenvalue weighted by atomic mass is 35.5. The molecule has 0 unspecified atom stereocenters. The molecule has 0 aliphatic heterocycles. The Kier molecular flexibility index (Phi) is 2.96. The van der Waals surface area contributed by atoms with Gasteiger partial charge in [0, 0.05) is 5.56 Å². The van der Waals surface area contributed by atoms with E-state index in [1.165, 1.54) is 5.39 Å². The van der Waals surface area contributed by atoms with Crippen LogP contribution in [-0.4, -0.2) is 9.97 Å². The highest BCUT2D eigenvalue weighted by Crippen LogP contribution is 2.31. The summed E-state index contributed by atoms with van der Waals surface area (Å²) in [5.74, 6) is 0. The van der Waals surface area contributed by atoms with E-state index >= 15 is 0 Å². The monoisotopic (exact) mass is 268 g/mol. The Morgan fingerprint density at radius 3 is 2.37 bits per heavy atom. The van der Waals surface area contributed by atoms with Gasteiger partial charge in [-0.2, -0.15) is 0 Å². The van der Waals surface area contributed by atoms with Crippen LogP contribution in [0.15, 0.2) is 42.5 Å². The first-order valence-electron chi connectivity index (χ1n) is 6.15. The van der Waals surface area contributed by atoms with Gasteiger partial charge in [-0.3, -0.25) is 0 Å². The van der Waals surface area contributed by atoms with E-state index in [4.69, 9.17) is 11.6 Å². The quantitative estimate of drug-likeness (QED) is 0.646. The fourth-order valence-electron chi connectivity index (χ4n) is 2.18. The third-order valence-electron chi connectivity index (χ3n) is 3.31. The van der Waals surface area contributed by atoms with Crippen LogP contribution >= 0.6 is 11.6 Å². The van der Waals surface area contributed by atoms with Crippen molar-refractivity contribution >= 4 is 22.4 Å². The van der Waals surface area contributed by atoms with Gasteiger partial charge in [-0.05, 0) is 24.6 Å². The lowest BCUT2D eigenvalue weighted by Gasteiger charge is -2.09. The maximum absolute atomic E-state index is 6.26. The van der Waals surface area contributed by atoms with E-state index in [0.29, 0.717) is 5.15 Å². The summed E-state index contributed by atoms with van der Waals surface area (Å²) in [6.07, 6.45) is 0. The molecular formula is C16H13ClN2. The normalized spacial score (nSPS) is 10.9. The Morgan fingerprint density at radius 1 is 0.842 bits per heavy atom. The minimum atomic E-state index is 0.458. The molecule has 0 saturated carbocycles. The number of halogens is 1. The van der Waals surface area contributed by atoms with Gasteiger partial charge >= 0.3 is 0 Å². The van der Waals surface area contributed by atoms with Crippen molar-refractivity contribution in [3.05, 3.63) is 59.0 Å². The maximum atomic E-state index is 6.26. The van der Waals surface area contributed by atoms with Gasteiger partial charge in [0.05, 0.1) is 11.4 Å². The van der Waals surface area contributed by atoms with Gasteiger partial charge in [0.25, 0.3) is 0 Å². The van der Waals surface area contributed by atoms with Crippen molar-refractivity contribution in [3.8, 4) is 11.3 Å². The zero-order valence-electron chi connectivity index (χ0n) is 10.8. The number of aromatic nitrogens is 2. The highest BCUT2D eigenvalue weighted by Gasteiger charge is 2.11. The number of benzene rings is 2. The smallest absolute Gasteiger partial charge is 0.155 e. The number of fused-ring (bicyclic) bond motifs is 1. The van der Waals surface area contributed by atoms with Gasteiger partial charge in [0.2, 0.25) is 0 Å². The molecule has 0 atom stereocenters. The number of hydrogen-bond acceptors (Lipinski definition) is 2. The van der Waals surface area contributed by atoms with Crippen molar-refractivity contribution in [2.45, 2.75) is 13.8 Å². The zero-order chi connectivity index (χ0) is 13.4. The van der Waals surface area contributed by atoms with E-state index in [2.05, 4.69) is 28.2 Å². The average Bonchev–Trinajstić information content (AvgIpc) is 2.42. The summed E-state index contributed by atoms with van der Waals surface area (Å²) in [5, 5.41) is 2.78. The van der Waals surface area contributed by atoms with Crippen LogP contribution in [0.25, 0.3) is 22.0 Å². The van der Waals surface area contributed by atoms with Gasteiger partial charge in [-0.15, -0.1) is 0 Å². The molecular weight excluding hydrogens is 256 g/mol. The number of rotatable bonds is 1. The molecule has 0 saturated heterocycles. The van der Waals surface area contributed by atoms with Gasteiger partial charge < -0.3 is 0 Å². The second-order valence-electron chi connectivity index (χ2n) is 4.56. The molecule has 3 heteroatoms. The summed E-state index contributed by atoms with van der Waals surface area (Å²) in [6.45, 7) is 3.87.